The van der Waals surface area contributed by atoms with Gasteiger partial charge in [0.05, 0.1) is 0 Å². The number of hydrogen-bond acceptors (Lipinski definition) is 0. The summed E-state index contributed by atoms with van der Waals surface area (Å²) >= 11 is 0. The molecule has 0 heterocycles. The smallest absolute Gasteiger partial charge is 0.00257 e. The SMILES string of the molecule is C=Cc1ccc(Cc2ccc(Cc3ccc(C=C)cc3)cc2)cc1.C=Cc1ccc(Cc2cccc(Cc3ccc(C=C)cc3)c2)cc1. The van der Waals surface area contributed by atoms with Crippen molar-refractivity contribution in [3.63, 3.8) is 0 Å². The minimum atomic E-state index is 0.959. The molecule has 0 aliphatic carbocycles. The van der Waals surface area contributed by atoms with E-state index in [0.29, 0.717) is 0 Å². The summed E-state index contributed by atoms with van der Waals surface area (Å²) < 4.78 is 0. The zero-order valence-electron chi connectivity index (χ0n) is 27.8. The lowest BCUT2D eigenvalue weighted by Gasteiger charge is -2.07. The van der Waals surface area contributed by atoms with Crippen LogP contribution in [-0.2, 0) is 25.7 Å². The molecular formula is C48H44. The number of benzene rings is 6. The third kappa shape index (κ3) is 10.1. The van der Waals surface area contributed by atoms with Gasteiger partial charge in [-0.3, -0.25) is 0 Å². The third-order valence-corrected chi connectivity index (χ3v) is 8.51. The Hall–Kier alpha value is -5.72. The highest BCUT2D eigenvalue weighted by Crippen LogP contribution is 2.18. The molecule has 236 valence electrons. The molecule has 0 saturated heterocycles. The highest BCUT2D eigenvalue weighted by Gasteiger charge is 2.02. The van der Waals surface area contributed by atoms with Gasteiger partial charge in [-0.05, 0) is 92.4 Å². The van der Waals surface area contributed by atoms with E-state index in [-0.39, 0.29) is 0 Å². The minimum Gasteiger partial charge on any atom is -0.0985 e. The molecule has 0 nitrogen and oxygen atoms in total. The van der Waals surface area contributed by atoms with Crippen LogP contribution < -0.4 is 0 Å². The molecule has 6 aromatic rings. The van der Waals surface area contributed by atoms with E-state index in [1.165, 1.54) is 44.5 Å². The molecule has 48 heavy (non-hydrogen) atoms. The predicted molar refractivity (Wildman–Crippen MR) is 210 cm³/mol. The van der Waals surface area contributed by atoms with Gasteiger partial charge in [0.15, 0.2) is 0 Å². The van der Waals surface area contributed by atoms with Crippen LogP contribution >= 0.6 is 0 Å². The van der Waals surface area contributed by atoms with E-state index in [2.05, 4.69) is 172 Å². The maximum Gasteiger partial charge on any atom is -0.00257 e. The maximum absolute atomic E-state index is 3.80. The molecule has 0 atom stereocenters. The normalized spacial score (nSPS) is 10.3. The zero-order valence-corrected chi connectivity index (χ0v) is 27.8. The van der Waals surface area contributed by atoms with Gasteiger partial charge in [-0.15, -0.1) is 0 Å². The first kappa shape index (κ1) is 33.6. The highest BCUT2D eigenvalue weighted by atomic mass is 14.1. The fourth-order valence-electron chi connectivity index (χ4n) is 5.65. The Labute approximate surface area is 287 Å². The topological polar surface area (TPSA) is 0 Å². The Bertz CT molecular complexity index is 1780. The van der Waals surface area contributed by atoms with Crippen molar-refractivity contribution >= 4 is 24.3 Å². The van der Waals surface area contributed by atoms with Gasteiger partial charge in [-0.2, -0.15) is 0 Å². The molecule has 6 rings (SSSR count). The van der Waals surface area contributed by atoms with Gasteiger partial charge in [0.1, 0.15) is 0 Å². The molecule has 0 aliphatic heterocycles. The summed E-state index contributed by atoms with van der Waals surface area (Å²) in [7, 11) is 0. The first-order valence-electron chi connectivity index (χ1n) is 16.5. The van der Waals surface area contributed by atoms with Crippen LogP contribution in [0.2, 0.25) is 0 Å². The van der Waals surface area contributed by atoms with Gasteiger partial charge in [0.2, 0.25) is 0 Å². The first-order chi connectivity index (χ1) is 23.5. The standard InChI is InChI=1S/2C24H22/c1-3-19-5-9-21(10-6-19)17-23-13-15-24(16-14-23)18-22-11-7-20(4-2)8-12-22;1-3-19-8-12-21(13-9-19)16-23-6-5-7-24(18-23)17-22-14-10-20(4-2)11-15-22/h3-16H,1-2,17-18H2;3-15,18H,1-2,16-17H2. The molecule has 6 aromatic carbocycles. The van der Waals surface area contributed by atoms with Crippen LogP contribution in [0.1, 0.15) is 66.8 Å². The van der Waals surface area contributed by atoms with Crippen molar-refractivity contribution < 1.29 is 0 Å². The molecule has 0 unspecified atom stereocenters. The lowest BCUT2D eigenvalue weighted by molar-refractivity contribution is 1.14. The zero-order chi connectivity index (χ0) is 33.6. The Balaban J connectivity index is 0.000000188. The fourth-order valence-corrected chi connectivity index (χ4v) is 5.65. The van der Waals surface area contributed by atoms with Gasteiger partial charge < -0.3 is 0 Å². The second-order valence-corrected chi connectivity index (χ2v) is 12.1. The van der Waals surface area contributed by atoms with Crippen LogP contribution in [0.4, 0.5) is 0 Å². The molecule has 0 aliphatic rings. The summed E-state index contributed by atoms with van der Waals surface area (Å²) in [5.74, 6) is 0. The van der Waals surface area contributed by atoms with Crippen molar-refractivity contribution in [1.82, 2.24) is 0 Å². The van der Waals surface area contributed by atoms with E-state index < -0.39 is 0 Å². The van der Waals surface area contributed by atoms with Crippen LogP contribution in [0.3, 0.4) is 0 Å². The summed E-state index contributed by atoms with van der Waals surface area (Å²) in [4.78, 5) is 0. The summed E-state index contributed by atoms with van der Waals surface area (Å²) in [6, 6.07) is 52.1. The van der Waals surface area contributed by atoms with Crippen LogP contribution in [0, 0.1) is 0 Å². The molecule has 0 amide bonds. The molecule has 0 heteroatoms. The molecule has 0 fully saturated rings. The van der Waals surface area contributed by atoms with E-state index in [1.807, 2.05) is 24.3 Å². The molecule has 0 radical (unpaired) electrons. The van der Waals surface area contributed by atoms with Gasteiger partial charge in [0, 0.05) is 0 Å². The largest absolute Gasteiger partial charge is 0.0985 e. The van der Waals surface area contributed by atoms with Crippen molar-refractivity contribution in [2.45, 2.75) is 25.7 Å². The summed E-state index contributed by atoms with van der Waals surface area (Å²) in [5, 5.41) is 0. The number of hydrogen-bond donors (Lipinski definition) is 0. The van der Waals surface area contributed by atoms with Crippen LogP contribution in [0.25, 0.3) is 24.3 Å². The molecule has 0 bridgehead atoms. The van der Waals surface area contributed by atoms with Crippen LogP contribution in [0.15, 0.2) is 172 Å². The quantitative estimate of drug-likeness (QED) is 0.128. The average Bonchev–Trinajstić information content (AvgIpc) is 3.14. The highest BCUT2D eigenvalue weighted by molar-refractivity contribution is 5.50. The van der Waals surface area contributed by atoms with Crippen molar-refractivity contribution in [3.8, 4) is 0 Å². The molecule has 0 N–H and O–H groups in total. The Morgan fingerprint density at radius 3 is 0.708 bits per heavy atom. The van der Waals surface area contributed by atoms with Crippen molar-refractivity contribution in [2.24, 2.45) is 0 Å². The van der Waals surface area contributed by atoms with E-state index in [0.717, 1.165) is 47.9 Å². The van der Waals surface area contributed by atoms with Gasteiger partial charge in [0.25, 0.3) is 0 Å². The Morgan fingerprint density at radius 2 is 0.479 bits per heavy atom. The third-order valence-electron chi connectivity index (χ3n) is 8.51. The fraction of sp³-hybridized carbons (Fsp3) is 0.0833. The summed E-state index contributed by atoms with van der Waals surface area (Å²) in [6.45, 7) is 15.2. The average molecular weight is 621 g/mol. The van der Waals surface area contributed by atoms with E-state index >= 15 is 0 Å². The molecule has 0 spiro atoms. The lowest BCUT2D eigenvalue weighted by Crippen LogP contribution is -1.93. The molecule has 0 aromatic heterocycles. The van der Waals surface area contributed by atoms with Crippen LogP contribution in [0.5, 0.6) is 0 Å². The van der Waals surface area contributed by atoms with Gasteiger partial charge in [-0.25, -0.2) is 0 Å². The summed E-state index contributed by atoms with van der Waals surface area (Å²) in [5.41, 5.74) is 15.3. The number of rotatable bonds is 12. The molecular weight excluding hydrogens is 577 g/mol. The second kappa shape index (κ2) is 17.3. The van der Waals surface area contributed by atoms with Gasteiger partial charge in [-0.1, -0.05) is 196 Å². The maximum atomic E-state index is 3.80. The van der Waals surface area contributed by atoms with Crippen LogP contribution in [-0.4, -0.2) is 0 Å². The first-order valence-corrected chi connectivity index (χ1v) is 16.5. The summed E-state index contributed by atoms with van der Waals surface area (Å²) in [6.07, 6.45) is 11.4. The van der Waals surface area contributed by atoms with E-state index in [1.54, 1.807) is 0 Å². The second-order valence-electron chi connectivity index (χ2n) is 12.1. The van der Waals surface area contributed by atoms with Crippen molar-refractivity contribution in [1.29, 1.82) is 0 Å². The van der Waals surface area contributed by atoms with E-state index in [4.69, 9.17) is 0 Å². The Morgan fingerprint density at radius 1 is 0.271 bits per heavy atom. The Kier molecular flexibility index (Phi) is 12.1. The minimum absolute atomic E-state index is 0.959. The molecule has 0 saturated carbocycles. The predicted octanol–water partition coefficient (Wildman–Crippen LogP) is 12.3. The van der Waals surface area contributed by atoms with Crippen molar-refractivity contribution in [2.75, 3.05) is 0 Å². The van der Waals surface area contributed by atoms with Gasteiger partial charge >= 0.3 is 0 Å². The van der Waals surface area contributed by atoms with E-state index in [9.17, 15) is 0 Å². The lowest BCUT2D eigenvalue weighted by atomic mass is 9.98. The monoisotopic (exact) mass is 620 g/mol. The van der Waals surface area contributed by atoms with Crippen molar-refractivity contribution in [3.05, 3.63) is 239 Å².